The highest BCUT2D eigenvalue weighted by Gasteiger charge is 2.06. The molecule has 4 nitrogen and oxygen atoms in total. The summed E-state index contributed by atoms with van der Waals surface area (Å²) in [7, 11) is 0. The summed E-state index contributed by atoms with van der Waals surface area (Å²) in [5.74, 6) is 0. The number of hydrogen-bond acceptors (Lipinski definition) is 3. The zero-order chi connectivity index (χ0) is 8.97. The van der Waals surface area contributed by atoms with Gasteiger partial charge in [0.25, 0.3) is 0 Å². The Morgan fingerprint density at radius 2 is 2.50 bits per heavy atom. The molecule has 1 rings (SSSR count). The minimum absolute atomic E-state index is 0.248. The second-order valence-electron chi connectivity index (χ2n) is 2.79. The average Bonchev–Trinajstić information content (AvgIpc) is 2.52. The van der Waals surface area contributed by atoms with E-state index in [2.05, 4.69) is 12.0 Å². The minimum atomic E-state index is -0.574. The van der Waals surface area contributed by atoms with E-state index in [1.165, 1.54) is 0 Å². The summed E-state index contributed by atoms with van der Waals surface area (Å²) in [4.78, 5) is 0. The van der Waals surface area contributed by atoms with Crippen LogP contribution in [0.3, 0.4) is 0 Å². The van der Waals surface area contributed by atoms with E-state index >= 15 is 0 Å². The summed E-state index contributed by atoms with van der Waals surface area (Å²) < 4.78 is 1.81. The molecule has 0 amide bonds. The van der Waals surface area contributed by atoms with E-state index in [0.717, 1.165) is 18.5 Å². The van der Waals surface area contributed by atoms with Gasteiger partial charge in [-0.1, -0.05) is 6.92 Å². The fourth-order valence-corrected chi connectivity index (χ4v) is 1.04. The molecule has 0 saturated carbocycles. The topological polar surface area (TPSA) is 64.1 Å². The van der Waals surface area contributed by atoms with Crippen LogP contribution in [0.5, 0.6) is 0 Å². The van der Waals surface area contributed by atoms with Crippen molar-refractivity contribution >= 4 is 0 Å². The van der Waals surface area contributed by atoms with E-state index < -0.39 is 6.10 Å². The smallest absolute Gasteiger partial charge is 0.0942 e. The van der Waals surface area contributed by atoms with Gasteiger partial charge in [-0.25, -0.2) is 0 Å². The molecule has 4 heteroatoms. The molecule has 0 fully saturated rings. The lowest BCUT2D eigenvalue weighted by Gasteiger charge is -2.02. The molecule has 12 heavy (non-hydrogen) atoms. The Kier molecular flexibility index (Phi) is 3.25. The van der Waals surface area contributed by atoms with Crippen LogP contribution in [0.1, 0.15) is 25.0 Å². The summed E-state index contributed by atoms with van der Waals surface area (Å²) in [5.41, 5.74) is 6.10. The highest BCUT2D eigenvalue weighted by atomic mass is 16.3. The first-order valence-corrected chi connectivity index (χ1v) is 4.18. The summed E-state index contributed by atoms with van der Waals surface area (Å²) in [6.45, 7) is 3.22. The molecule has 0 aliphatic carbocycles. The lowest BCUT2D eigenvalue weighted by Crippen LogP contribution is -2.10. The van der Waals surface area contributed by atoms with E-state index in [4.69, 9.17) is 5.73 Å². The molecular formula is C8H15N3O. The molecule has 68 valence electrons. The fraction of sp³-hybridized carbons (Fsp3) is 0.625. The standard InChI is InChI=1S/C8H15N3O/c1-2-3-11-6-7(5-10-11)8(12)4-9/h5-6,8,12H,2-4,9H2,1H3. The third kappa shape index (κ3) is 2.06. The Hall–Kier alpha value is -0.870. The molecule has 0 aromatic carbocycles. The highest BCUT2D eigenvalue weighted by Crippen LogP contribution is 2.09. The van der Waals surface area contributed by atoms with E-state index in [1.54, 1.807) is 6.20 Å². The van der Waals surface area contributed by atoms with Crippen molar-refractivity contribution in [1.82, 2.24) is 9.78 Å². The van der Waals surface area contributed by atoms with Crippen LogP contribution in [0.4, 0.5) is 0 Å². The van der Waals surface area contributed by atoms with Gasteiger partial charge in [-0.3, -0.25) is 4.68 Å². The molecule has 3 N–H and O–H groups in total. The van der Waals surface area contributed by atoms with Gasteiger partial charge in [-0.15, -0.1) is 0 Å². The van der Waals surface area contributed by atoms with Gasteiger partial charge >= 0.3 is 0 Å². The van der Waals surface area contributed by atoms with Crippen LogP contribution >= 0.6 is 0 Å². The van der Waals surface area contributed by atoms with Crippen LogP contribution in [0.15, 0.2) is 12.4 Å². The zero-order valence-corrected chi connectivity index (χ0v) is 7.27. The first-order valence-electron chi connectivity index (χ1n) is 4.18. The van der Waals surface area contributed by atoms with E-state index in [1.807, 2.05) is 10.9 Å². The van der Waals surface area contributed by atoms with Gasteiger partial charge in [0.05, 0.1) is 12.3 Å². The van der Waals surface area contributed by atoms with Crippen molar-refractivity contribution in [2.75, 3.05) is 6.54 Å². The summed E-state index contributed by atoms with van der Waals surface area (Å²) in [6, 6.07) is 0. The zero-order valence-electron chi connectivity index (χ0n) is 7.27. The Bertz CT molecular complexity index is 234. The normalized spacial score (nSPS) is 13.2. The maximum Gasteiger partial charge on any atom is 0.0942 e. The van der Waals surface area contributed by atoms with Gasteiger partial charge < -0.3 is 10.8 Å². The maximum absolute atomic E-state index is 9.33. The van der Waals surface area contributed by atoms with Crippen molar-refractivity contribution in [3.8, 4) is 0 Å². The fourth-order valence-electron chi connectivity index (χ4n) is 1.04. The maximum atomic E-state index is 9.33. The monoisotopic (exact) mass is 169 g/mol. The molecule has 0 aliphatic heterocycles. The van der Waals surface area contributed by atoms with Crippen molar-refractivity contribution in [3.63, 3.8) is 0 Å². The molecular weight excluding hydrogens is 154 g/mol. The second-order valence-corrected chi connectivity index (χ2v) is 2.79. The lowest BCUT2D eigenvalue weighted by molar-refractivity contribution is 0.186. The number of rotatable bonds is 4. The lowest BCUT2D eigenvalue weighted by atomic mass is 10.2. The van der Waals surface area contributed by atoms with Crippen LogP contribution in [0, 0.1) is 0 Å². The van der Waals surface area contributed by atoms with E-state index in [9.17, 15) is 5.11 Å². The van der Waals surface area contributed by atoms with Gasteiger partial charge in [0.1, 0.15) is 0 Å². The Morgan fingerprint density at radius 3 is 3.08 bits per heavy atom. The Morgan fingerprint density at radius 1 is 1.75 bits per heavy atom. The molecule has 1 aromatic rings. The van der Waals surface area contributed by atoms with Crippen molar-refractivity contribution < 1.29 is 5.11 Å². The van der Waals surface area contributed by atoms with Crippen LogP contribution in [0.2, 0.25) is 0 Å². The molecule has 1 atom stereocenters. The van der Waals surface area contributed by atoms with Crippen molar-refractivity contribution in [2.24, 2.45) is 5.73 Å². The number of aryl methyl sites for hydroxylation is 1. The number of aliphatic hydroxyl groups is 1. The van der Waals surface area contributed by atoms with Crippen LogP contribution in [-0.4, -0.2) is 21.4 Å². The molecule has 0 spiro atoms. The number of aliphatic hydroxyl groups excluding tert-OH is 1. The van der Waals surface area contributed by atoms with Crippen molar-refractivity contribution in [2.45, 2.75) is 26.0 Å². The minimum Gasteiger partial charge on any atom is -0.387 e. The molecule has 1 unspecified atom stereocenters. The highest BCUT2D eigenvalue weighted by molar-refractivity contribution is 5.07. The molecule has 1 aromatic heterocycles. The largest absolute Gasteiger partial charge is 0.387 e. The van der Waals surface area contributed by atoms with Gasteiger partial charge in [0.15, 0.2) is 0 Å². The SMILES string of the molecule is CCCn1cc(C(O)CN)cn1. The van der Waals surface area contributed by atoms with Crippen LogP contribution < -0.4 is 5.73 Å². The molecule has 0 bridgehead atoms. The average molecular weight is 169 g/mol. The number of hydrogen-bond donors (Lipinski definition) is 2. The van der Waals surface area contributed by atoms with Gasteiger partial charge in [-0.05, 0) is 6.42 Å². The summed E-state index contributed by atoms with van der Waals surface area (Å²) in [6.07, 6.45) is 3.96. The quantitative estimate of drug-likeness (QED) is 0.680. The number of nitrogens with two attached hydrogens (primary N) is 1. The Balaban J connectivity index is 2.63. The van der Waals surface area contributed by atoms with Crippen LogP contribution in [0.25, 0.3) is 0 Å². The number of aromatic nitrogens is 2. The second kappa shape index (κ2) is 4.23. The van der Waals surface area contributed by atoms with Crippen molar-refractivity contribution in [3.05, 3.63) is 18.0 Å². The van der Waals surface area contributed by atoms with Gasteiger partial charge in [0.2, 0.25) is 0 Å². The predicted molar refractivity (Wildman–Crippen MR) is 46.5 cm³/mol. The first-order chi connectivity index (χ1) is 5.77. The van der Waals surface area contributed by atoms with Crippen molar-refractivity contribution in [1.29, 1.82) is 0 Å². The predicted octanol–water partition coefficient (Wildman–Crippen LogP) is 0.285. The third-order valence-electron chi connectivity index (χ3n) is 1.71. The molecule has 1 heterocycles. The molecule has 0 radical (unpaired) electrons. The first kappa shape index (κ1) is 9.22. The van der Waals surface area contributed by atoms with Gasteiger partial charge in [0, 0.05) is 24.8 Å². The third-order valence-corrected chi connectivity index (χ3v) is 1.71. The van der Waals surface area contributed by atoms with Gasteiger partial charge in [-0.2, -0.15) is 5.10 Å². The molecule has 0 aliphatic rings. The Labute approximate surface area is 72.0 Å². The van der Waals surface area contributed by atoms with E-state index in [-0.39, 0.29) is 6.54 Å². The summed E-state index contributed by atoms with van der Waals surface area (Å²) in [5, 5.41) is 13.4. The molecule has 0 saturated heterocycles. The number of nitrogens with zero attached hydrogens (tertiary/aromatic N) is 2. The van der Waals surface area contributed by atoms with Crippen LogP contribution in [-0.2, 0) is 6.54 Å². The summed E-state index contributed by atoms with van der Waals surface area (Å²) >= 11 is 0. The van der Waals surface area contributed by atoms with E-state index in [0.29, 0.717) is 0 Å².